The van der Waals surface area contributed by atoms with Gasteiger partial charge in [0.2, 0.25) is 17.7 Å². The van der Waals surface area contributed by atoms with E-state index in [1.54, 1.807) is 23.0 Å². The first-order chi connectivity index (χ1) is 12.0. The number of benzene rings is 1. The lowest BCUT2D eigenvalue weighted by molar-refractivity contribution is -0.138. The standard InChI is InChI=1S/C17H19N5O3/c1-12-11-18-20-22(12)14-6-4-13(5-7-14)19-15(23)3-2-10-21-16(24)8-9-17(21)25/h4-7,11H,2-3,8-10H2,1H3,(H,19,23). The van der Waals surface area contributed by atoms with Crippen LogP contribution in [0, 0.1) is 6.92 Å². The molecule has 2 heterocycles. The van der Waals surface area contributed by atoms with Gasteiger partial charge in [-0.3, -0.25) is 19.3 Å². The Bertz CT molecular complexity index is 781. The maximum Gasteiger partial charge on any atom is 0.229 e. The molecule has 0 unspecified atom stereocenters. The second kappa shape index (κ2) is 7.25. The van der Waals surface area contributed by atoms with Crippen molar-refractivity contribution in [3.8, 4) is 5.69 Å². The molecule has 3 amide bonds. The molecule has 1 aliphatic rings. The van der Waals surface area contributed by atoms with E-state index in [-0.39, 0.29) is 37.0 Å². The highest BCUT2D eigenvalue weighted by Gasteiger charge is 2.28. The Morgan fingerprint density at radius 1 is 1.16 bits per heavy atom. The van der Waals surface area contributed by atoms with Crippen molar-refractivity contribution < 1.29 is 14.4 Å². The quantitative estimate of drug-likeness (QED) is 0.802. The number of aryl methyl sites for hydroxylation is 1. The van der Waals surface area contributed by atoms with Crippen LogP contribution in [0.4, 0.5) is 5.69 Å². The van der Waals surface area contributed by atoms with Crippen molar-refractivity contribution in [2.75, 3.05) is 11.9 Å². The van der Waals surface area contributed by atoms with Crippen molar-refractivity contribution >= 4 is 23.4 Å². The number of hydrogen-bond acceptors (Lipinski definition) is 5. The van der Waals surface area contributed by atoms with E-state index >= 15 is 0 Å². The van der Waals surface area contributed by atoms with Crippen LogP contribution < -0.4 is 5.32 Å². The molecule has 1 aromatic heterocycles. The fourth-order valence-corrected chi connectivity index (χ4v) is 2.72. The molecule has 0 saturated carbocycles. The van der Waals surface area contributed by atoms with Crippen LogP contribution in [0.1, 0.15) is 31.4 Å². The Morgan fingerprint density at radius 3 is 2.44 bits per heavy atom. The third-order valence-corrected chi connectivity index (χ3v) is 4.06. The summed E-state index contributed by atoms with van der Waals surface area (Å²) < 4.78 is 1.70. The SMILES string of the molecule is Cc1cnnn1-c1ccc(NC(=O)CCCN2C(=O)CCC2=O)cc1. The second-order valence-corrected chi connectivity index (χ2v) is 5.92. The Balaban J connectivity index is 1.49. The van der Waals surface area contributed by atoms with Crippen molar-refractivity contribution in [1.29, 1.82) is 0 Å². The van der Waals surface area contributed by atoms with E-state index < -0.39 is 0 Å². The molecule has 8 heteroatoms. The number of rotatable bonds is 6. The van der Waals surface area contributed by atoms with E-state index in [2.05, 4.69) is 15.6 Å². The molecule has 1 aliphatic heterocycles. The summed E-state index contributed by atoms with van der Waals surface area (Å²) in [7, 11) is 0. The zero-order valence-electron chi connectivity index (χ0n) is 13.9. The molecular weight excluding hydrogens is 322 g/mol. The molecule has 1 aromatic carbocycles. The lowest BCUT2D eigenvalue weighted by Crippen LogP contribution is -2.30. The minimum absolute atomic E-state index is 0.149. The first-order valence-corrected chi connectivity index (χ1v) is 8.15. The molecule has 0 atom stereocenters. The van der Waals surface area contributed by atoms with Gasteiger partial charge < -0.3 is 5.32 Å². The van der Waals surface area contributed by atoms with Crippen LogP contribution in [0.5, 0.6) is 0 Å². The molecule has 0 bridgehead atoms. The Labute approximate surface area is 144 Å². The monoisotopic (exact) mass is 341 g/mol. The number of imide groups is 1. The summed E-state index contributed by atoms with van der Waals surface area (Å²) in [6.07, 6.45) is 2.94. The van der Waals surface area contributed by atoms with Crippen LogP contribution in [-0.4, -0.2) is 44.2 Å². The summed E-state index contributed by atoms with van der Waals surface area (Å²) in [5, 5.41) is 10.6. The van der Waals surface area contributed by atoms with E-state index in [0.29, 0.717) is 18.7 Å². The normalized spacial score (nSPS) is 14.2. The lowest BCUT2D eigenvalue weighted by Gasteiger charge is -2.13. The van der Waals surface area contributed by atoms with E-state index in [0.717, 1.165) is 11.4 Å². The summed E-state index contributed by atoms with van der Waals surface area (Å²) in [5.41, 5.74) is 2.46. The number of carbonyl (C=O) groups is 3. The van der Waals surface area contributed by atoms with Crippen molar-refractivity contribution in [3.05, 3.63) is 36.2 Å². The fourth-order valence-electron chi connectivity index (χ4n) is 2.72. The van der Waals surface area contributed by atoms with E-state index in [4.69, 9.17) is 0 Å². The van der Waals surface area contributed by atoms with Gasteiger partial charge in [0.05, 0.1) is 17.6 Å². The van der Waals surface area contributed by atoms with Crippen LogP contribution in [0.2, 0.25) is 0 Å². The minimum Gasteiger partial charge on any atom is -0.326 e. The topological polar surface area (TPSA) is 97.2 Å². The molecule has 8 nitrogen and oxygen atoms in total. The highest BCUT2D eigenvalue weighted by molar-refractivity contribution is 6.02. The predicted octanol–water partition coefficient (Wildman–Crippen LogP) is 1.44. The molecule has 1 fully saturated rings. The molecule has 25 heavy (non-hydrogen) atoms. The van der Waals surface area contributed by atoms with Crippen LogP contribution in [0.25, 0.3) is 5.69 Å². The molecule has 2 aromatic rings. The number of hydrogen-bond donors (Lipinski definition) is 1. The van der Waals surface area contributed by atoms with Gasteiger partial charge in [-0.05, 0) is 37.6 Å². The highest BCUT2D eigenvalue weighted by Crippen LogP contribution is 2.15. The van der Waals surface area contributed by atoms with Crippen molar-refractivity contribution in [2.45, 2.75) is 32.6 Å². The van der Waals surface area contributed by atoms with E-state index in [1.807, 2.05) is 19.1 Å². The summed E-state index contributed by atoms with van der Waals surface area (Å²) in [6.45, 7) is 2.21. The second-order valence-electron chi connectivity index (χ2n) is 5.92. The first-order valence-electron chi connectivity index (χ1n) is 8.15. The Morgan fingerprint density at radius 2 is 1.84 bits per heavy atom. The number of aromatic nitrogens is 3. The average Bonchev–Trinajstić information content (AvgIpc) is 3.15. The lowest BCUT2D eigenvalue weighted by atomic mass is 10.2. The number of carbonyl (C=O) groups excluding carboxylic acids is 3. The third kappa shape index (κ3) is 3.90. The van der Waals surface area contributed by atoms with Crippen molar-refractivity contribution in [1.82, 2.24) is 19.9 Å². The Kier molecular flexibility index (Phi) is 4.87. The van der Waals surface area contributed by atoms with Gasteiger partial charge in [0, 0.05) is 31.5 Å². The maximum atomic E-state index is 12.0. The number of anilines is 1. The predicted molar refractivity (Wildman–Crippen MR) is 89.9 cm³/mol. The Hall–Kier alpha value is -3.03. The first kappa shape index (κ1) is 16.8. The zero-order chi connectivity index (χ0) is 17.8. The average molecular weight is 341 g/mol. The van der Waals surface area contributed by atoms with Crippen molar-refractivity contribution in [3.63, 3.8) is 0 Å². The number of nitrogens with one attached hydrogen (secondary N) is 1. The van der Waals surface area contributed by atoms with Crippen LogP contribution >= 0.6 is 0 Å². The van der Waals surface area contributed by atoms with Gasteiger partial charge in [-0.15, -0.1) is 5.10 Å². The minimum atomic E-state index is -0.149. The van der Waals surface area contributed by atoms with Crippen LogP contribution in [0.15, 0.2) is 30.5 Å². The highest BCUT2D eigenvalue weighted by atomic mass is 16.2. The zero-order valence-corrected chi connectivity index (χ0v) is 13.9. The van der Waals surface area contributed by atoms with Gasteiger partial charge >= 0.3 is 0 Å². The van der Waals surface area contributed by atoms with Gasteiger partial charge in [-0.1, -0.05) is 5.21 Å². The summed E-state index contributed by atoms with van der Waals surface area (Å²) in [6, 6.07) is 7.28. The summed E-state index contributed by atoms with van der Waals surface area (Å²) >= 11 is 0. The summed E-state index contributed by atoms with van der Waals surface area (Å²) in [4.78, 5) is 36.2. The van der Waals surface area contributed by atoms with Gasteiger partial charge in [0.15, 0.2) is 0 Å². The van der Waals surface area contributed by atoms with Gasteiger partial charge in [-0.2, -0.15) is 0 Å². The molecule has 1 saturated heterocycles. The molecule has 1 N–H and O–H groups in total. The smallest absolute Gasteiger partial charge is 0.229 e. The van der Waals surface area contributed by atoms with Gasteiger partial charge in [0.1, 0.15) is 0 Å². The van der Waals surface area contributed by atoms with Gasteiger partial charge in [-0.25, -0.2) is 4.68 Å². The number of likely N-dealkylation sites (tertiary alicyclic amines) is 1. The van der Waals surface area contributed by atoms with E-state index in [1.165, 1.54) is 4.90 Å². The number of nitrogens with zero attached hydrogens (tertiary/aromatic N) is 4. The van der Waals surface area contributed by atoms with Crippen molar-refractivity contribution in [2.24, 2.45) is 0 Å². The maximum absolute atomic E-state index is 12.0. The van der Waals surface area contributed by atoms with Gasteiger partial charge in [0.25, 0.3) is 0 Å². The van der Waals surface area contributed by atoms with E-state index in [9.17, 15) is 14.4 Å². The molecule has 0 spiro atoms. The molecule has 0 radical (unpaired) electrons. The molecular formula is C17H19N5O3. The molecule has 130 valence electrons. The largest absolute Gasteiger partial charge is 0.326 e. The number of amides is 3. The van der Waals surface area contributed by atoms with Crippen LogP contribution in [-0.2, 0) is 14.4 Å². The third-order valence-electron chi connectivity index (χ3n) is 4.06. The fraction of sp³-hybridized carbons (Fsp3) is 0.353. The molecule has 0 aliphatic carbocycles. The molecule has 3 rings (SSSR count). The summed E-state index contributed by atoms with van der Waals surface area (Å²) in [5.74, 6) is -0.447. The van der Waals surface area contributed by atoms with Crippen LogP contribution in [0.3, 0.4) is 0 Å².